The molecule has 18 heavy (non-hydrogen) atoms. The molecule has 1 aromatic carbocycles. The van der Waals surface area contributed by atoms with Gasteiger partial charge in [0.25, 0.3) is 5.91 Å². The lowest BCUT2D eigenvalue weighted by Gasteiger charge is -2.15. The van der Waals surface area contributed by atoms with E-state index in [0.29, 0.717) is 5.76 Å². The fourth-order valence-electron chi connectivity index (χ4n) is 1.62. The van der Waals surface area contributed by atoms with E-state index in [1.807, 2.05) is 31.2 Å². The highest BCUT2D eigenvalue weighted by molar-refractivity contribution is 6.03. The van der Waals surface area contributed by atoms with Gasteiger partial charge in [0, 0.05) is 18.8 Å². The van der Waals surface area contributed by atoms with Gasteiger partial charge in [0.2, 0.25) is 0 Å². The number of carbonyl (C=O) groups excluding carboxylic acids is 1. The van der Waals surface area contributed by atoms with Crippen LogP contribution < -0.4 is 4.90 Å². The van der Waals surface area contributed by atoms with Gasteiger partial charge in [0.05, 0.1) is 6.26 Å². The van der Waals surface area contributed by atoms with Crippen molar-refractivity contribution in [2.45, 2.75) is 6.92 Å². The number of hydrogen-bond acceptors (Lipinski definition) is 2. The van der Waals surface area contributed by atoms with Crippen LogP contribution in [0, 0.1) is 6.92 Å². The normalized spacial score (nSPS) is 10.8. The topological polar surface area (TPSA) is 33.5 Å². The summed E-state index contributed by atoms with van der Waals surface area (Å²) in [6.07, 6.45) is 4.74. The van der Waals surface area contributed by atoms with E-state index in [2.05, 4.69) is 0 Å². The molecular weight excluding hydrogens is 226 g/mol. The van der Waals surface area contributed by atoms with E-state index in [1.54, 1.807) is 36.4 Å². The Labute approximate surface area is 106 Å². The summed E-state index contributed by atoms with van der Waals surface area (Å²) < 4.78 is 5.13. The SMILES string of the molecule is Cc1cccc(N(C)C(=O)C=Cc2ccco2)c1. The van der Waals surface area contributed by atoms with Crippen molar-refractivity contribution in [2.75, 3.05) is 11.9 Å². The number of furan rings is 1. The average molecular weight is 241 g/mol. The van der Waals surface area contributed by atoms with Crippen LogP contribution in [-0.4, -0.2) is 13.0 Å². The van der Waals surface area contributed by atoms with Gasteiger partial charge in [0.1, 0.15) is 5.76 Å². The van der Waals surface area contributed by atoms with Gasteiger partial charge in [0.15, 0.2) is 0 Å². The van der Waals surface area contributed by atoms with Crippen molar-refractivity contribution in [1.82, 2.24) is 0 Å². The number of nitrogens with zero attached hydrogens (tertiary/aromatic N) is 1. The molecule has 0 unspecified atom stereocenters. The van der Waals surface area contributed by atoms with Crippen molar-refractivity contribution >= 4 is 17.7 Å². The molecule has 0 bridgehead atoms. The molecule has 0 radical (unpaired) electrons. The number of likely N-dealkylation sites (N-methyl/N-ethyl adjacent to an activating group) is 1. The summed E-state index contributed by atoms with van der Waals surface area (Å²) in [6.45, 7) is 2.00. The highest BCUT2D eigenvalue weighted by Gasteiger charge is 2.07. The number of rotatable bonds is 3. The molecule has 0 atom stereocenters. The van der Waals surface area contributed by atoms with Gasteiger partial charge in [-0.05, 0) is 42.8 Å². The Hall–Kier alpha value is -2.29. The summed E-state index contributed by atoms with van der Waals surface area (Å²) in [5.41, 5.74) is 2.01. The monoisotopic (exact) mass is 241 g/mol. The van der Waals surface area contributed by atoms with Gasteiger partial charge in [-0.15, -0.1) is 0 Å². The Bertz CT molecular complexity index is 556. The van der Waals surface area contributed by atoms with Crippen LogP contribution in [0.15, 0.2) is 53.2 Å². The van der Waals surface area contributed by atoms with E-state index in [0.717, 1.165) is 11.3 Å². The second kappa shape index (κ2) is 5.36. The number of amides is 1. The number of carbonyl (C=O) groups is 1. The molecule has 0 fully saturated rings. The summed E-state index contributed by atoms with van der Waals surface area (Å²) in [7, 11) is 1.75. The summed E-state index contributed by atoms with van der Waals surface area (Å²) in [5, 5.41) is 0. The van der Waals surface area contributed by atoms with Gasteiger partial charge < -0.3 is 9.32 Å². The Morgan fingerprint density at radius 3 is 2.78 bits per heavy atom. The molecule has 2 aromatic rings. The summed E-state index contributed by atoms with van der Waals surface area (Å²) in [4.78, 5) is 13.6. The van der Waals surface area contributed by atoms with Crippen molar-refractivity contribution in [1.29, 1.82) is 0 Å². The summed E-state index contributed by atoms with van der Waals surface area (Å²) in [6, 6.07) is 11.4. The van der Waals surface area contributed by atoms with E-state index in [1.165, 1.54) is 6.08 Å². The van der Waals surface area contributed by atoms with Crippen LogP contribution >= 0.6 is 0 Å². The zero-order chi connectivity index (χ0) is 13.0. The number of aryl methyl sites for hydroxylation is 1. The number of benzene rings is 1. The van der Waals surface area contributed by atoms with Crippen LogP contribution in [0.3, 0.4) is 0 Å². The Morgan fingerprint density at radius 2 is 2.11 bits per heavy atom. The van der Waals surface area contributed by atoms with Crippen LogP contribution in [0.4, 0.5) is 5.69 Å². The first-order valence-electron chi connectivity index (χ1n) is 5.73. The van der Waals surface area contributed by atoms with Crippen molar-refractivity contribution in [3.8, 4) is 0 Å². The number of anilines is 1. The van der Waals surface area contributed by atoms with Gasteiger partial charge in [-0.2, -0.15) is 0 Å². The maximum atomic E-state index is 11.9. The third-order valence-corrected chi connectivity index (χ3v) is 2.65. The molecule has 0 aliphatic rings. The molecular formula is C15H15NO2. The van der Waals surface area contributed by atoms with E-state index in [-0.39, 0.29) is 5.91 Å². The van der Waals surface area contributed by atoms with Crippen LogP contribution in [0.25, 0.3) is 6.08 Å². The Morgan fingerprint density at radius 1 is 1.28 bits per heavy atom. The summed E-state index contributed by atoms with van der Waals surface area (Å²) in [5.74, 6) is 0.581. The van der Waals surface area contributed by atoms with Crippen molar-refractivity contribution in [2.24, 2.45) is 0 Å². The molecule has 0 saturated heterocycles. The standard InChI is InChI=1S/C15H15NO2/c1-12-5-3-6-13(11-12)16(2)15(17)9-8-14-7-4-10-18-14/h3-11H,1-2H3. The second-order valence-electron chi connectivity index (χ2n) is 4.09. The zero-order valence-corrected chi connectivity index (χ0v) is 10.5. The molecule has 3 nitrogen and oxygen atoms in total. The van der Waals surface area contributed by atoms with Crippen molar-refractivity contribution < 1.29 is 9.21 Å². The maximum absolute atomic E-state index is 11.9. The zero-order valence-electron chi connectivity index (χ0n) is 10.5. The lowest BCUT2D eigenvalue weighted by atomic mass is 10.2. The van der Waals surface area contributed by atoms with Crippen molar-refractivity contribution in [3.63, 3.8) is 0 Å². The highest BCUT2D eigenvalue weighted by atomic mass is 16.3. The van der Waals surface area contributed by atoms with E-state index in [9.17, 15) is 4.79 Å². The van der Waals surface area contributed by atoms with Crippen LogP contribution in [-0.2, 0) is 4.79 Å². The molecule has 92 valence electrons. The quantitative estimate of drug-likeness (QED) is 0.773. The fourth-order valence-corrected chi connectivity index (χ4v) is 1.62. The molecule has 0 saturated carbocycles. The highest BCUT2D eigenvalue weighted by Crippen LogP contribution is 2.15. The smallest absolute Gasteiger partial charge is 0.250 e. The van der Waals surface area contributed by atoms with E-state index >= 15 is 0 Å². The van der Waals surface area contributed by atoms with Gasteiger partial charge >= 0.3 is 0 Å². The molecule has 0 aliphatic carbocycles. The molecule has 0 aliphatic heterocycles. The lowest BCUT2D eigenvalue weighted by Crippen LogP contribution is -2.23. The van der Waals surface area contributed by atoms with Crippen LogP contribution in [0.5, 0.6) is 0 Å². The minimum Gasteiger partial charge on any atom is -0.465 e. The van der Waals surface area contributed by atoms with Gasteiger partial charge in [-0.1, -0.05) is 12.1 Å². The predicted octanol–water partition coefficient (Wildman–Crippen LogP) is 3.26. The predicted molar refractivity (Wildman–Crippen MR) is 72.3 cm³/mol. The molecule has 1 heterocycles. The van der Waals surface area contributed by atoms with Gasteiger partial charge in [-0.3, -0.25) is 4.79 Å². The summed E-state index contributed by atoms with van der Waals surface area (Å²) >= 11 is 0. The van der Waals surface area contributed by atoms with Crippen LogP contribution in [0.2, 0.25) is 0 Å². The van der Waals surface area contributed by atoms with Gasteiger partial charge in [-0.25, -0.2) is 0 Å². The second-order valence-corrected chi connectivity index (χ2v) is 4.09. The largest absolute Gasteiger partial charge is 0.465 e. The van der Waals surface area contributed by atoms with Crippen LogP contribution in [0.1, 0.15) is 11.3 Å². The third-order valence-electron chi connectivity index (χ3n) is 2.65. The first kappa shape index (κ1) is 12.2. The van der Waals surface area contributed by atoms with Crippen molar-refractivity contribution in [3.05, 3.63) is 60.1 Å². The molecule has 1 aromatic heterocycles. The average Bonchev–Trinajstić information content (AvgIpc) is 2.88. The lowest BCUT2D eigenvalue weighted by molar-refractivity contribution is -0.113. The molecule has 1 amide bonds. The third kappa shape index (κ3) is 2.88. The maximum Gasteiger partial charge on any atom is 0.250 e. The number of hydrogen-bond donors (Lipinski definition) is 0. The molecule has 0 spiro atoms. The minimum absolute atomic E-state index is 0.0861. The Kier molecular flexibility index (Phi) is 3.63. The molecule has 3 heteroatoms. The van der Waals surface area contributed by atoms with E-state index < -0.39 is 0 Å². The molecule has 2 rings (SSSR count). The Balaban J connectivity index is 2.09. The van der Waals surface area contributed by atoms with E-state index in [4.69, 9.17) is 4.42 Å². The first-order valence-corrected chi connectivity index (χ1v) is 5.73. The fraction of sp³-hybridized carbons (Fsp3) is 0.133. The molecule has 0 N–H and O–H groups in total. The first-order chi connectivity index (χ1) is 8.66. The minimum atomic E-state index is -0.0861.